The molecule has 38 heavy (non-hydrogen) atoms. The summed E-state index contributed by atoms with van der Waals surface area (Å²) < 4.78 is 16.3. The Kier molecular flexibility index (Phi) is 10.5. The summed E-state index contributed by atoms with van der Waals surface area (Å²) in [7, 11) is 1.56. The van der Waals surface area contributed by atoms with Gasteiger partial charge in [-0.3, -0.25) is 14.4 Å². The molecule has 3 N–H and O–H groups in total. The smallest absolute Gasteiger partial charge is 0.329 e. The molecule has 11 heteroatoms. The van der Waals surface area contributed by atoms with E-state index in [0.717, 1.165) is 5.56 Å². The zero-order valence-corrected chi connectivity index (χ0v) is 21.6. The molecule has 3 amide bonds. The maximum absolute atomic E-state index is 12.2. The van der Waals surface area contributed by atoms with Crippen LogP contribution < -0.4 is 30.3 Å². The highest BCUT2D eigenvalue weighted by molar-refractivity contribution is 6.35. The number of amides is 3. The number of carbonyl (C=O) groups is 3. The summed E-state index contributed by atoms with van der Waals surface area (Å²) in [5.41, 5.74) is 4.16. The van der Waals surface area contributed by atoms with Crippen molar-refractivity contribution >= 4 is 41.2 Å². The van der Waals surface area contributed by atoms with Crippen LogP contribution in [0, 0.1) is 0 Å². The number of carbonyl (C=O) groups excluding carboxylic acids is 3. The molecule has 0 aromatic heterocycles. The van der Waals surface area contributed by atoms with Crippen LogP contribution in [0.5, 0.6) is 17.2 Å². The molecule has 0 atom stereocenters. The quantitative estimate of drug-likeness (QED) is 0.195. The summed E-state index contributed by atoms with van der Waals surface area (Å²) in [4.78, 5) is 36.3. The number of benzene rings is 3. The largest absolute Gasteiger partial charge is 0.497 e. The Bertz CT molecular complexity index is 1280. The second-order valence-corrected chi connectivity index (χ2v) is 8.15. The average Bonchev–Trinajstić information content (AvgIpc) is 2.93. The van der Waals surface area contributed by atoms with Gasteiger partial charge in [-0.25, -0.2) is 5.43 Å². The van der Waals surface area contributed by atoms with Gasteiger partial charge < -0.3 is 24.8 Å². The van der Waals surface area contributed by atoms with Crippen molar-refractivity contribution in [3.8, 4) is 17.2 Å². The van der Waals surface area contributed by atoms with Crippen LogP contribution in [0.3, 0.4) is 0 Å². The van der Waals surface area contributed by atoms with E-state index in [1.807, 2.05) is 6.92 Å². The van der Waals surface area contributed by atoms with E-state index in [1.165, 1.54) is 6.21 Å². The van der Waals surface area contributed by atoms with Crippen molar-refractivity contribution in [1.82, 2.24) is 10.7 Å². The number of hydrogen-bond donors (Lipinski definition) is 3. The highest BCUT2D eigenvalue weighted by Gasteiger charge is 2.13. The Morgan fingerprint density at radius 2 is 1.66 bits per heavy atom. The Balaban J connectivity index is 1.50. The standard InChI is InChI=1S/C27H27ClN4O6/c1-3-37-24-14-19(6-13-23(24)38-17-25(33)31-21-9-7-20(28)8-10-21)16-30-32-27(35)26(34)29-15-18-4-11-22(36-2)12-5-18/h4-14,16H,3,15,17H2,1-2H3,(H,29,34)(H,31,33)(H,32,35)/b30-16-. The fraction of sp³-hybridized carbons (Fsp3) is 0.185. The Morgan fingerprint density at radius 3 is 2.34 bits per heavy atom. The van der Waals surface area contributed by atoms with E-state index in [4.69, 9.17) is 25.8 Å². The van der Waals surface area contributed by atoms with Crippen molar-refractivity contribution in [1.29, 1.82) is 0 Å². The van der Waals surface area contributed by atoms with E-state index in [9.17, 15) is 14.4 Å². The van der Waals surface area contributed by atoms with Gasteiger partial charge in [-0.2, -0.15) is 5.10 Å². The minimum Gasteiger partial charge on any atom is -0.497 e. The summed E-state index contributed by atoms with van der Waals surface area (Å²) in [6.07, 6.45) is 1.36. The highest BCUT2D eigenvalue weighted by atomic mass is 35.5. The summed E-state index contributed by atoms with van der Waals surface area (Å²) >= 11 is 5.85. The van der Waals surface area contributed by atoms with Crippen molar-refractivity contribution in [2.24, 2.45) is 5.10 Å². The molecule has 0 saturated carbocycles. The second-order valence-electron chi connectivity index (χ2n) is 7.71. The molecule has 10 nitrogen and oxygen atoms in total. The van der Waals surface area contributed by atoms with Gasteiger partial charge in [0.2, 0.25) is 0 Å². The van der Waals surface area contributed by atoms with Gasteiger partial charge in [-0.1, -0.05) is 23.7 Å². The van der Waals surface area contributed by atoms with Crippen LogP contribution in [0.1, 0.15) is 18.1 Å². The van der Waals surface area contributed by atoms with Gasteiger partial charge in [-0.05, 0) is 72.6 Å². The number of rotatable bonds is 11. The van der Waals surface area contributed by atoms with Crippen LogP contribution in [0.2, 0.25) is 5.02 Å². The minimum atomic E-state index is -0.911. The molecule has 0 saturated heterocycles. The molecular weight excluding hydrogens is 512 g/mol. The number of hydrogen-bond acceptors (Lipinski definition) is 7. The zero-order chi connectivity index (χ0) is 27.3. The number of ether oxygens (including phenoxy) is 3. The van der Waals surface area contributed by atoms with Crippen molar-refractivity contribution in [3.05, 3.63) is 82.9 Å². The van der Waals surface area contributed by atoms with E-state index in [2.05, 4.69) is 21.2 Å². The van der Waals surface area contributed by atoms with E-state index < -0.39 is 11.8 Å². The molecule has 0 aliphatic heterocycles. The molecule has 0 radical (unpaired) electrons. The van der Waals surface area contributed by atoms with Crippen LogP contribution in [-0.4, -0.2) is 44.3 Å². The van der Waals surface area contributed by atoms with Crippen molar-refractivity contribution in [2.45, 2.75) is 13.5 Å². The number of nitrogens with one attached hydrogen (secondary N) is 3. The van der Waals surface area contributed by atoms with Gasteiger partial charge in [0, 0.05) is 17.3 Å². The first kappa shape index (κ1) is 28.0. The SMILES string of the molecule is CCOc1cc(/C=N\NC(=O)C(=O)NCc2ccc(OC)cc2)ccc1OCC(=O)Nc1ccc(Cl)cc1. The Hall–Kier alpha value is -4.57. The molecule has 198 valence electrons. The lowest BCUT2D eigenvalue weighted by Gasteiger charge is -2.12. The number of nitrogens with zero attached hydrogens (tertiary/aromatic N) is 1. The van der Waals surface area contributed by atoms with Crippen LogP contribution in [-0.2, 0) is 20.9 Å². The topological polar surface area (TPSA) is 127 Å². The van der Waals surface area contributed by atoms with E-state index in [0.29, 0.717) is 40.1 Å². The fourth-order valence-electron chi connectivity index (χ4n) is 3.09. The summed E-state index contributed by atoms with van der Waals surface area (Å²) in [5, 5.41) is 9.62. The van der Waals surface area contributed by atoms with Gasteiger partial charge in [-0.15, -0.1) is 0 Å². The molecule has 3 aromatic carbocycles. The highest BCUT2D eigenvalue weighted by Crippen LogP contribution is 2.28. The average molecular weight is 539 g/mol. The van der Waals surface area contributed by atoms with Crippen molar-refractivity contribution in [2.75, 3.05) is 25.6 Å². The van der Waals surface area contributed by atoms with Gasteiger partial charge >= 0.3 is 11.8 Å². The first-order chi connectivity index (χ1) is 18.4. The Labute approximate surface area is 224 Å². The minimum absolute atomic E-state index is 0.177. The molecule has 3 rings (SSSR count). The molecule has 0 fully saturated rings. The second kappa shape index (κ2) is 14.2. The molecule has 0 heterocycles. The Morgan fingerprint density at radius 1 is 0.921 bits per heavy atom. The number of anilines is 1. The third-order valence-corrected chi connectivity index (χ3v) is 5.20. The lowest BCUT2D eigenvalue weighted by molar-refractivity contribution is -0.139. The molecule has 0 bridgehead atoms. The molecular formula is C27H27ClN4O6. The van der Waals surface area contributed by atoms with Gasteiger partial charge in [0.1, 0.15) is 5.75 Å². The maximum atomic E-state index is 12.2. The van der Waals surface area contributed by atoms with Gasteiger partial charge in [0.15, 0.2) is 18.1 Å². The van der Waals surface area contributed by atoms with E-state index >= 15 is 0 Å². The van der Waals surface area contributed by atoms with Crippen LogP contribution in [0.25, 0.3) is 0 Å². The fourth-order valence-corrected chi connectivity index (χ4v) is 3.21. The molecule has 0 aliphatic rings. The molecule has 0 spiro atoms. The third kappa shape index (κ3) is 8.82. The number of halogens is 1. The summed E-state index contributed by atoms with van der Waals surface area (Å²) in [6.45, 7) is 2.11. The summed E-state index contributed by atoms with van der Waals surface area (Å²) in [5.74, 6) is -0.649. The molecule has 3 aromatic rings. The lowest BCUT2D eigenvalue weighted by atomic mass is 10.2. The van der Waals surface area contributed by atoms with E-state index in [-0.39, 0.29) is 19.1 Å². The maximum Gasteiger partial charge on any atom is 0.329 e. The van der Waals surface area contributed by atoms with Crippen LogP contribution in [0.15, 0.2) is 71.8 Å². The number of hydrazone groups is 1. The van der Waals surface area contributed by atoms with E-state index in [1.54, 1.807) is 73.8 Å². The zero-order valence-electron chi connectivity index (χ0n) is 20.8. The predicted molar refractivity (Wildman–Crippen MR) is 144 cm³/mol. The number of methoxy groups -OCH3 is 1. The summed E-state index contributed by atoms with van der Waals surface area (Å²) in [6, 6.07) is 18.7. The van der Waals surface area contributed by atoms with Crippen molar-refractivity contribution < 1.29 is 28.6 Å². The van der Waals surface area contributed by atoms with Crippen molar-refractivity contribution in [3.63, 3.8) is 0 Å². The monoisotopic (exact) mass is 538 g/mol. The third-order valence-electron chi connectivity index (χ3n) is 4.95. The van der Waals surface area contributed by atoms with Crippen LogP contribution in [0.4, 0.5) is 5.69 Å². The first-order valence-electron chi connectivity index (χ1n) is 11.6. The normalized spacial score (nSPS) is 10.5. The molecule has 0 aliphatic carbocycles. The van der Waals surface area contributed by atoms with Crippen LogP contribution >= 0.6 is 11.6 Å². The van der Waals surface area contributed by atoms with Gasteiger partial charge in [0.25, 0.3) is 5.91 Å². The lowest BCUT2D eigenvalue weighted by Crippen LogP contribution is -2.37. The first-order valence-corrected chi connectivity index (χ1v) is 11.9. The predicted octanol–water partition coefficient (Wildman–Crippen LogP) is 3.53. The van der Waals surface area contributed by atoms with Gasteiger partial charge in [0.05, 0.1) is 19.9 Å². The molecule has 0 unspecified atom stereocenters.